The normalized spacial score (nSPS) is 10.4. The molecule has 0 saturated heterocycles. The number of aryl methyl sites for hydroxylation is 1. The lowest BCUT2D eigenvalue weighted by Gasteiger charge is -1.99. The second kappa shape index (κ2) is 5.80. The van der Waals surface area contributed by atoms with Crippen LogP contribution in [0.25, 0.3) is 0 Å². The molecule has 3 heteroatoms. The largest absolute Gasteiger partial charge is 0.469 e. The van der Waals surface area contributed by atoms with Crippen LogP contribution in [0.15, 0.2) is 22.8 Å². The van der Waals surface area contributed by atoms with Crippen molar-refractivity contribution in [1.29, 1.82) is 0 Å². The van der Waals surface area contributed by atoms with Crippen LogP contribution in [-0.2, 0) is 6.42 Å². The lowest BCUT2D eigenvalue weighted by atomic mass is 10.2. The molecule has 0 unspecified atom stereocenters. The van der Waals surface area contributed by atoms with E-state index in [0.717, 1.165) is 25.1 Å². The average molecular weight is 169 g/mol. The predicted octanol–water partition coefficient (Wildman–Crippen LogP) is 0.794. The molecule has 0 amide bonds. The van der Waals surface area contributed by atoms with Gasteiger partial charge in [-0.1, -0.05) is 0 Å². The molecule has 2 N–H and O–H groups in total. The van der Waals surface area contributed by atoms with Crippen LogP contribution < -0.4 is 5.32 Å². The molecular formula is C9H15NO2. The molecule has 1 aromatic heterocycles. The van der Waals surface area contributed by atoms with E-state index in [9.17, 15) is 0 Å². The maximum absolute atomic E-state index is 8.47. The van der Waals surface area contributed by atoms with Gasteiger partial charge in [0.15, 0.2) is 0 Å². The number of aliphatic hydroxyl groups excluding tert-OH is 1. The fourth-order valence-electron chi connectivity index (χ4n) is 1.05. The number of aliphatic hydroxyl groups is 1. The van der Waals surface area contributed by atoms with Crippen molar-refractivity contribution in [1.82, 2.24) is 5.32 Å². The van der Waals surface area contributed by atoms with Crippen molar-refractivity contribution in [2.24, 2.45) is 0 Å². The van der Waals surface area contributed by atoms with Gasteiger partial charge in [0.2, 0.25) is 0 Å². The Morgan fingerprint density at radius 2 is 2.33 bits per heavy atom. The molecule has 1 heterocycles. The molecule has 0 atom stereocenters. The molecule has 0 aliphatic heterocycles. The van der Waals surface area contributed by atoms with E-state index in [1.54, 1.807) is 6.26 Å². The first-order valence-corrected chi connectivity index (χ1v) is 4.27. The van der Waals surface area contributed by atoms with Gasteiger partial charge in [-0.15, -0.1) is 0 Å². The van der Waals surface area contributed by atoms with Gasteiger partial charge in [-0.25, -0.2) is 0 Å². The van der Waals surface area contributed by atoms with Gasteiger partial charge >= 0.3 is 0 Å². The number of furan rings is 1. The highest BCUT2D eigenvalue weighted by molar-refractivity contribution is 4.97. The first-order chi connectivity index (χ1) is 5.93. The zero-order chi connectivity index (χ0) is 8.65. The van der Waals surface area contributed by atoms with E-state index >= 15 is 0 Å². The second-order valence-corrected chi connectivity index (χ2v) is 2.66. The van der Waals surface area contributed by atoms with Crippen molar-refractivity contribution in [3.63, 3.8) is 0 Å². The maximum Gasteiger partial charge on any atom is 0.103 e. The summed E-state index contributed by atoms with van der Waals surface area (Å²) < 4.78 is 5.16. The fraction of sp³-hybridized carbons (Fsp3) is 0.556. The Morgan fingerprint density at radius 3 is 3.00 bits per heavy atom. The molecule has 68 valence electrons. The third-order valence-electron chi connectivity index (χ3n) is 1.65. The highest BCUT2D eigenvalue weighted by Gasteiger charge is 1.93. The third kappa shape index (κ3) is 3.55. The molecular weight excluding hydrogens is 154 g/mol. The summed E-state index contributed by atoms with van der Waals surface area (Å²) in [6.45, 7) is 1.82. The second-order valence-electron chi connectivity index (χ2n) is 2.66. The molecule has 0 aliphatic carbocycles. The number of hydrogen-bond donors (Lipinski definition) is 2. The van der Waals surface area contributed by atoms with Crippen molar-refractivity contribution in [2.45, 2.75) is 12.8 Å². The Balaban J connectivity index is 1.96. The first kappa shape index (κ1) is 9.29. The smallest absolute Gasteiger partial charge is 0.103 e. The summed E-state index contributed by atoms with van der Waals surface area (Å²) >= 11 is 0. The Hall–Kier alpha value is -0.800. The van der Waals surface area contributed by atoms with Gasteiger partial charge in [-0.2, -0.15) is 0 Å². The summed E-state index contributed by atoms with van der Waals surface area (Å²) in [5.41, 5.74) is 0. The molecule has 1 aromatic rings. The summed E-state index contributed by atoms with van der Waals surface area (Å²) in [5, 5.41) is 11.6. The Labute approximate surface area is 72.4 Å². The summed E-state index contributed by atoms with van der Waals surface area (Å²) in [7, 11) is 0. The van der Waals surface area contributed by atoms with Crippen LogP contribution in [0.4, 0.5) is 0 Å². The lowest BCUT2D eigenvalue weighted by molar-refractivity contribution is 0.292. The van der Waals surface area contributed by atoms with Crippen molar-refractivity contribution < 1.29 is 9.52 Å². The minimum Gasteiger partial charge on any atom is -0.469 e. The molecule has 0 spiro atoms. The Bertz CT molecular complexity index is 184. The van der Waals surface area contributed by atoms with E-state index in [4.69, 9.17) is 9.52 Å². The van der Waals surface area contributed by atoms with Crippen molar-refractivity contribution in [2.75, 3.05) is 19.7 Å². The zero-order valence-electron chi connectivity index (χ0n) is 7.12. The summed E-state index contributed by atoms with van der Waals surface area (Å²) in [5.74, 6) is 1.03. The molecule has 0 bridgehead atoms. The van der Waals surface area contributed by atoms with Crippen LogP contribution in [0.5, 0.6) is 0 Å². The van der Waals surface area contributed by atoms with Crippen LogP contribution in [-0.4, -0.2) is 24.8 Å². The van der Waals surface area contributed by atoms with Crippen LogP contribution >= 0.6 is 0 Å². The van der Waals surface area contributed by atoms with Gasteiger partial charge in [-0.05, 0) is 25.1 Å². The van der Waals surface area contributed by atoms with Gasteiger partial charge < -0.3 is 14.8 Å². The molecule has 12 heavy (non-hydrogen) atoms. The van der Waals surface area contributed by atoms with Crippen LogP contribution in [0.2, 0.25) is 0 Å². The van der Waals surface area contributed by atoms with Gasteiger partial charge in [0.05, 0.1) is 12.9 Å². The van der Waals surface area contributed by atoms with E-state index in [0.29, 0.717) is 6.54 Å². The lowest BCUT2D eigenvalue weighted by Crippen LogP contribution is -2.19. The van der Waals surface area contributed by atoms with E-state index in [-0.39, 0.29) is 6.61 Å². The van der Waals surface area contributed by atoms with E-state index in [1.165, 1.54) is 0 Å². The van der Waals surface area contributed by atoms with Crippen LogP contribution in [0.1, 0.15) is 12.2 Å². The molecule has 1 rings (SSSR count). The van der Waals surface area contributed by atoms with E-state index < -0.39 is 0 Å². The quantitative estimate of drug-likeness (QED) is 0.619. The summed E-state index contributed by atoms with van der Waals surface area (Å²) in [6.07, 6.45) is 3.70. The summed E-state index contributed by atoms with van der Waals surface area (Å²) in [4.78, 5) is 0. The number of nitrogens with one attached hydrogen (secondary N) is 1. The average Bonchev–Trinajstić information content (AvgIpc) is 2.57. The molecule has 0 aromatic carbocycles. The predicted molar refractivity (Wildman–Crippen MR) is 47.0 cm³/mol. The highest BCUT2D eigenvalue weighted by atomic mass is 16.3. The minimum atomic E-state index is 0.209. The van der Waals surface area contributed by atoms with Gasteiger partial charge in [-0.3, -0.25) is 0 Å². The van der Waals surface area contributed by atoms with Crippen molar-refractivity contribution >= 4 is 0 Å². The molecule has 3 nitrogen and oxygen atoms in total. The standard InChI is InChI=1S/C9H15NO2/c11-7-6-10-5-1-3-9-4-2-8-12-9/h2,4,8,10-11H,1,3,5-7H2. The molecule has 0 fully saturated rings. The Morgan fingerprint density at radius 1 is 1.42 bits per heavy atom. The third-order valence-corrected chi connectivity index (χ3v) is 1.65. The minimum absolute atomic E-state index is 0.209. The van der Waals surface area contributed by atoms with Gasteiger partial charge in [0.1, 0.15) is 5.76 Å². The highest BCUT2D eigenvalue weighted by Crippen LogP contribution is 2.02. The Kier molecular flexibility index (Phi) is 4.49. The SMILES string of the molecule is OCCNCCCc1ccco1. The summed E-state index contributed by atoms with van der Waals surface area (Å²) in [6, 6.07) is 3.88. The van der Waals surface area contributed by atoms with E-state index in [2.05, 4.69) is 5.32 Å². The molecule has 0 aliphatic rings. The van der Waals surface area contributed by atoms with E-state index in [1.807, 2.05) is 12.1 Å². The monoisotopic (exact) mass is 169 g/mol. The molecule has 0 radical (unpaired) electrons. The number of rotatable bonds is 6. The van der Waals surface area contributed by atoms with Gasteiger partial charge in [0.25, 0.3) is 0 Å². The maximum atomic E-state index is 8.47. The van der Waals surface area contributed by atoms with Crippen LogP contribution in [0.3, 0.4) is 0 Å². The number of hydrogen-bond acceptors (Lipinski definition) is 3. The van der Waals surface area contributed by atoms with Crippen molar-refractivity contribution in [3.8, 4) is 0 Å². The fourth-order valence-corrected chi connectivity index (χ4v) is 1.05. The van der Waals surface area contributed by atoms with Crippen LogP contribution in [0, 0.1) is 0 Å². The molecule has 0 saturated carbocycles. The zero-order valence-corrected chi connectivity index (χ0v) is 7.12. The topological polar surface area (TPSA) is 45.4 Å². The van der Waals surface area contributed by atoms with Crippen molar-refractivity contribution in [3.05, 3.63) is 24.2 Å². The first-order valence-electron chi connectivity index (χ1n) is 4.27. The van der Waals surface area contributed by atoms with Gasteiger partial charge in [0, 0.05) is 13.0 Å².